The number of ether oxygens (including phenoxy) is 1. The maximum absolute atomic E-state index is 11.2. The van der Waals surface area contributed by atoms with Gasteiger partial charge in [0, 0.05) is 12.1 Å². The molecule has 0 atom stereocenters. The zero-order valence-electron chi connectivity index (χ0n) is 17.9. The summed E-state index contributed by atoms with van der Waals surface area (Å²) in [6, 6.07) is 12.0. The summed E-state index contributed by atoms with van der Waals surface area (Å²) in [5.41, 5.74) is 0.169. The highest BCUT2D eigenvalue weighted by atomic mass is 16.5. The van der Waals surface area contributed by atoms with Crippen molar-refractivity contribution >= 4 is 0 Å². The van der Waals surface area contributed by atoms with Crippen LogP contribution in [0.4, 0.5) is 0 Å². The van der Waals surface area contributed by atoms with Gasteiger partial charge in [-0.2, -0.15) is 0 Å². The molecule has 0 fully saturated rings. The number of allylic oxidation sites excluding steroid dienone is 2. The molecule has 0 radical (unpaired) electrons. The lowest BCUT2D eigenvalue weighted by Gasteiger charge is -2.25. The Balaban J connectivity index is 2.15. The maximum atomic E-state index is 11.2. The van der Waals surface area contributed by atoms with Gasteiger partial charge >= 0.3 is 0 Å². The van der Waals surface area contributed by atoms with E-state index in [0.717, 1.165) is 49.4 Å². The highest BCUT2D eigenvalue weighted by Crippen LogP contribution is 2.33. The standard InChI is InChI=1S/C25H35NO3/c1-5-8-16-25(27,17-9-6-2)24-15-14-22(29-24)20-26(18-7-3)19-21-12-10-11-13-23(21)28-4/h5-6,10-15,27H,1-2,7-9,16-20H2,3-4H3. The summed E-state index contributed by atoms with van der Waals surface area (Å²) in [6.07, 6.45) is 7.37. The highest BCUT2D eigenvalue weighted by molar-refractivity contribution is 5.33. The van der Waals surface area contributed by atoms with Crippen LogP contribution in [0.1, 0.15) is 56.1 Å². The van der Waals surface area contributed by atoms with E-state index in [1.807, 2.05) is 42.5 Å². The second-order valence-electron chi connectivity index (χ2n) is 7.47. The average molecular weight is 398 g/mol. The Morgan fingerprint density at radius 3 is 2.38 bits per heavy atom. The van der Waals surface area contributed by atoms with Crippen LogP contribution in [0.3, 0.4) is 0 Å². The first-order valence-electron chi connectivity index (χ1n) is 10.4. The van der Waals surface area contributed by atoms with Gasteiger partial charge in [-0.25, -0.2) is 0 Å². The van der Waals surface area contributed by atoms with Crippen LogP contribution in [-0.2, 0) is 18.7 Å². The summed E-state index contributed by atoms with van der Waals surface area (Å²) in [5, 5.41) is 11.2. The topological polar surface area (TPSA) is 45.8 Å². The summed E-state index contributed by atoms with van der Waals surface area (Å²) in [5.74, 6) is 2.39. The van der Waals surface area contributed by atoms with E-state index in [1.165, 1.54) is 0 Å². The molecule has 0 amide bonds. The van der Waals surface area contributed by atoms with Crippen LogP contribution < -0.4 is 4.74 Å². The largest absolute Gasteiger partial charge is 0.496 e. The maximum Gasteiger partial charge on any atom is 0.135 e. The van der Waals surface area contributed by atoms with Crippen molar-refractivity contribution in [2.24, 2.45) is 0 Å². The summed E-state index contributed by atoms with van der Waals surface area (Å²) in [4.78, 5) is 2.34. The molecule has 2 aromatic rings. The summed E-state index contributed by atoms with van der Waals surface area (Å²) in [7, 11) is 1.70. The summed E-state index contributed by atoms with van der Waals surface area (Å²) >= 11 is 0. The van der Waals surface area contributed by atoms with Crippen molar-refractivity contribution in [3.63, 3.8) is 0 Å². The molecule has 0 aliphatic carbocycles. The minimum absolute atomic E-state index is 0.594. The van der Waals surface area contributed by atoms with Gasteiger partial charge in [-0.05, 0) is 56.8 Å². The van der Waals surface area contributed by atoms with Crippen molar-refractivity contribution in [1.82, 2.24) is 4.90 Å². The Kier molecular flexibility index (Phi) is 9.23. The van der Waals surface area contributed by atoms with Crippen LogP contribution >= 0.6 is 0 Å². The molecule has 1 heterocycles. The minimum Gasteiger partial charge on any atom is -0.496 e. The third kappa shape index (κ3) is 6.62. The van der Waals surface area contributed by atoms with Gasteiger partial charge in [0.25, 0.3) is 0 Å². The number of furan rings is 1. The zero-order chi connectivity index (χ0) is 21.1. The highest BCUT2D eigenvalue weighted by Gasteiger charge is 2.31. The monoisotopic (exact) mass is 397 g/mol. The molecule has 1 N–H and O–H groups in total. The number of nitrogens with zero attached hydrogens (tertiary/aromatic N) is 1. The fourth-order valence-corrected chi connectivity index (χ4v) is 3.59. The molecule has 0 unspecified atom stereocenters. The number of benzene rings is 1. The Labute approximate surface area is 175 Å². The van der Waals surface area contributed by atoms with Gasteiger partial charge in [0.15, 0.2) is 0 Å². The molecule has 4 nitrogen and oxygen atoms in total. The van der Waals surface area contributed by atoms with Crippen molar-refractivity contribution in [2.75, 3.05) is 13.7 Å². The van der Waals surface area contributed by atoms with Crippen molar-refractivity contribution in [3.8, 4) is 5.75 Å². The predicted octanol–water partition coefficient (Wildman–Crippen LogP) is 5.82. The van der Waals surface area contributed by atoms with Gasteiger partial charge in [0.05, 0.1) is 13.7 Å². The molecule has 29 heavy (non-hydrogen) atoms. The minimum atomic E-state index is -0.987. The Morgan fingerprint density at radius 2 is 1.76 bits per heavy atom. The second kappa shape index (κ2) is 11.6. The first-order chi connectivity index (χ1) is 14.1. The first kappa shape index (κ1) is 23.0. The second-order valence-corrected chi connectivity index (χ2v) is 7.47. The number of aliphatic hydroxyl groups is 1. The molecule has 4 heteroatoms. The Bertz CT molecular complexity index is 753. The van der Waals surface area contributed by atoms with E-state index in [2.05, 4.69) is 31.0 Å². The molecular formula is C25H35NO3. The molecule has 1 aromatic heterocycles. The molecule has 1 aromatic carbocycles. The fraction of sp³-hybridized carbons (Fsp3) is 0.440. The average Bonchev–Trinajstić information content (AvgIpc) is 3.20. The van der Waals surface area contributed by atoms with E-state index in [4.69, 9.17) is 9.15 Å². The van der Waals surface area contributed by atoms with Crippen molar-refractivity contribution in [3.05, 3.63) is 78.8 Å². The Hall–Kier alpha value is -2.30. The van der Waals surface area contributed by atoms with Gasteiger partial charge in [-0.3, -0.25) is 4.90 Å². The number of methoxy groups -OCH3 is 1. The number of hydrogen-bond donors (Lipinski definition) is 1. The van der Waals surface area contributed by atoms with Gasteiger partial charge in [0.2, 0.25) is 0 Å². The molecule has 0 aliphatic heterocycles. The summed E-state index contributed by atoms with van der Waals surface area (Å²) in [6.45, 7) is 12.1. The van der Waals surface area contributed by atoms with Crippen molar-refractivity contribution in [2.45, 2.75) is 57.7 Å². The molecule has 158 valence electrons. The van der Waals surface area contributed by atoms with Crippen LogP contribution in [0.5, 0.6) is 5.75 Å². The molecule has 0 saturated carbocycles. The SMILES string of the molecule is C=CCCC(O)(CCC=C)c1ccc(CN(CCC)Cc2ccccc2OC)o1. The van der Waals surface area contributed by atoms with Crippen LogP contribution in [0, 0.1) is 0 Å². The molecule has 2 rings (SSSR count). The van der Waals surface area contributed by atoms with Gasteiger partial charge in [-0.15, -0.1) is 13.2 Å². The van der Waals surface area contributed by atoms with E-state index < -0.39 is 5.60 Å². The third-order valence-electron chi connectivity index (χ3n) is 5.15. The van der Waals surface area contributed by atoms with Crippen LogP contribution in [-0.4, -0.2) is 23.7 Å². The lowest BCUT2D eigenvalue weighted by molar-refractivity contribution is -0.00214. The van der Waals surface area contributed by atoms with E-state index in [0.29, 0.717) is 25.1 Å². The first-order valence-corrected chi connectivity index (χ1v) is 10.4. The molecule has 0 aliphatic rings. The van der Waals surface area contributed by atoms with Crippen LogP contribution in [0.2, 0.25) is 0 Å². The third-order valence-corrected chi connectivity index (χ3v) is 5.15. The van der Waals surface area contributed by atoms with Gasteiger partial charge < -0.3 is 14.3 Å². The van der Waals surface area contributed by atoms with E-state index in [1.54, 1.807) is 7.11 Å². The van der Waals surface area contributed by atoms with Gasteiger partial charge in [-0.1, -0.05) is 37.3 Å². The lowest BCUT2D eigenvalue weighted by Crippen LogP contribution is -2.25. The molecule has 0 saturated heterocycles. The predicted molar refractivity (Wildman–Crippen MR) is 119 cm³/mol. The smallest absolute Gasteiger partial charge is 0.135 e. The van der Waals surface area contributed by atoms with E-state index >= 15 is 0 Å². The number of rotatable bonds is 14. The molecule has 0 bridgehead atoms. The molecular weight excluding hydrogens is 362 g/mol. The lowest BCUT2D eigenvalue weighted by atomic mass is 9.89. The van der Waals surface area contributed by atoms with Crippen molar-refractivity contribution < 1.29 is 14.3 Å². The van der Waals surface area contributed by atoms with Crippen molar-refractivity contribution in [1.29, 1.82) is 0 Å². The van der Waals surface area contributed by atoms with Gasteiger partial charge in [0.1, 0.15) is 22.9 Å². The molecule has 0 spiro atoms. The normalized spacial score (nSPS) is 11.6. The number of para-hydroxylation sites is 1. The van der Waals surface area contributed by atoms with Crippen LogP contribution in [0.25, 0.3) is 0 Å². The van der Waals surface area contributed by atoms with Crippen LogP contribution in [0.15, 0.2) is 66.1 Å². The zero-order valence-corrected chi connectivity index (χ0v) is 17.9. The number of hydrogen-bond acceptors (Lipinski definition) is 4. The van der Waals surface area contributed by atoms with E-state index in [-0.39, 0.29) is 0 Å². The quantitative estimate of drug-likeness (QED) is 0.408. The fourth-order valence-electron chi connectivity index (χ4n) is 3.59. The van der Waals surface area contributed by atoms with E-state index in [9.17, 15) is 5.11 Å². The Morgan fingerprint density at radius 1 is 1.07 bits per heavy atom. The summed E-state index contributed by atoms with van der Waals surface area (Å²) < 4.78 is 11.6.